The van der Waals surface area contributed by atoms with Gasteiger partial charge in [0, 0.05) is 5.92 Å². The molecule has 4 aliphatic carbocycles. The fraction of sp³-hybridized carbons (Fsp3) is 0.932. The number of hydrogen-bond acceptors (Lipinski definition) is 22. The average molecular weight is 951 g/mol. The summed E-state index contributed by atoms with van der Waals surface area (Å²) in [5.74, 6) is -1.14. The van der Waals surface area contributed by atoms with E-state index in [9.17, 15) is 71.2 Å². The molecule has 22 heteroatoms. The van der Waals surface area contributed by atoms with E-state index in [-0.39, 0.29) is 23.2 Å². The second kappa shape index (κ2) is 19.2. The van der Waals surface area contributed by atoms with Gasteiger partial charge in [-0.3, -0.25) is 4.79 Å². The predicted octanol–water partition coefficient (Wildman–Crippen LogP) is -4.23. The maximum Gasteiger partial charge on any atom is 0.314 e. The number of fused-ring (bicyclic) bond motifs is 3. The van der Waals surface area contributed by atoms with Crippen LogP contribution in [0.5, 0.6) is 0 Å². The summed E-state index contributed by atoms with van der Waals surface area (Å²) in [4.78, 5) is 14.4. The number of carbonyl (C=O) groups is 1. The predicted molar refractivity (Wildman–Crippen MR) is 218 cm³/mol. The molecule has 8 rings (SSSR count). The molecule has 4 aliphatic heterocycles. The van der Waals surface area contributed by atoms with Gasteiger partial charge in [0.15, 0.2) is 18.9 Å². The summed E-state index contributed by atoms with van der Waals surface area (Å²) in [7, 11) is 0. The molecule has 4 saturated carbocycles. The average Bonchev–Trinajstić information content (AvgIpc) is 3.56. The van der Waals surface area contributed by atoms with Crippen molar-refractivity contribution in [3.8, 4) is 0 Å². The van der Waals surface area contributed by atoms with Gasteiger partial charge < -0.3 is 104 Å². The zero-order valence-corrected chi connectivity index (χ0v) is 37.3. The van der Waals surface area contributed by atoms with Crippen LogP contribution in [0.4, 0.5) is 0 Å². The highest BCUT2D eigenvalue weighted by Crippen LogP contribution is 2.72. The molecule has 8 fully saturated rings. The van der Waals surface area contributed by atoms with E-state index in [0.717, 1.165) is 18.4 Å². The maximum atomic E-state index is 14.4. The Kier molecular flexibility index (Phi) is 14.8. The number of ether oxygens (including phenoxy) is 8. The number of esters is 1. The van der Waals surface area contributed by atoms with Crippen LogP contribution in [0.15, 0.2) is 12.2 Å². The van der Waals surface area contributed by atoms with Gasteiger partial charge in [-0.2, -0.15) is 0 Å². The lowest BCUT2D eigenvalue weighted by atomic mass is 9.41. The van der Waals surface area contributed by atoms with E-state index in [4.69, 9.17) is 37.9 Å². The SMILES string of the molecule is C=C1CC23CC[C@H]4[C@@](C)(CCC[C@@]4(C)C(=O)OC4O[C@H](C)[C@@H](O)[C@H](O)[C@H]4O)[C@@H]2CC(O[C@@H]2O[C@H](CO)[C@@H](O)C(O[C@@H]4O[C@H](CO)[C@@H](O)[C@H](O)[C@H]4O)[C@H]2O[C@@H]2O[C@H](CO)[C@@H](O)[C@H](O)[C@H]2O)C1C3. The van der Waals surface area contributed by atoms with Crippen molar-refractivity contribution in [1.29, 1.82) is 0 Å². The Morgan fingerprint density at radius 1 is 0.621 bits per heavy atom. The summed E-state index contributed by atoms with van der Waals surface area (Å²) in [5.41, 5.74) is -0.836. The van der Waals surface area contributed by atoms with E-state index in [2.05, 4.69) is 13.5 Å². The standard InChI is InChI=1S/C44H70O22/c1-16-11-44-9-6-23-42(3,7-5-8-43(23,4)41(58)66-37-32(55)29(52)25(48)17(2)59-37)24(44)10-19(18(16)12-44)60-40-36(65-39-34(57)31(54)27(50)21(14-46)62-39)35(28(51)22(15-47)63-40)64-38-33(56)30(53)26(49)20(13-45)61-38/h17-40,45-57H,1,5-15H2,2-4H3/t17-,18?,19?,20-,21-,22-,23+,24+,25-,26-,27-,28-,29+,30+,31+,32-,33-,34-,35?,36-,37?,38+,39+,40-,42-,43-,44?/m1/s1. The molecule has 4 saturated heterocycles. The van der Waals surface area contributed by atoms with Crippen LogP contribution in [-0.2, 0) is 42.7 Å². The number of hydrogen-bond donors (Lipinski definition) is 13. The molecule has 0 aromatic carbocycles. The molecule has 2 bridgehead atoms. The van der Waals surface area contributed by atoms with E-state index in [1.54, 1.807) is 0 Å². The molecule has 0 amide bonds. The molecule has 0 aromatic heterocycles. The first-order chi connectivity index (χ1) is 31.1. The monoisotopic (exact) mass is 950 g/mol. The minimum absolute atomic E-state index is 0.0843. The van der Waals surface area contributed by atoms with Gasteiger partial charge in [0.25, 0.3) is 0 Å². The number of rotatable bonds is 11. The van der Waals surface area contributed by atoms with E-state index >= 15 is 0 Å². The smallest absolute Gasteiger partial charge is 0.314 e. The van der Waals surface area contributed by atoms with Crippen molar-refractivity contribution in [3.05, 3.63) is 12.2 Å². The molecular formula is C44H70O22. The molecule has 5 unspecified atom stereocenters. The van der Waals surface area contributed by atoms with Gasteiger partial charge in [-0.15, -0.1) is 0 Å². The summed E-state index contributed by atoms with van der Waals surface area (Å²) in [6, 6.07) is 0. The second-order valence-electron chi connectivity index (χ2n) is 20.7. The summed E-state index contributed by atoms with van der Waals surface area (Å²) < 4.78 is 48.3. The number of aliphatic hydroxyl groups is 13. The summed E-state index contributed by atoms with van der Waals surface area (Å²) >= 11 is 0. The van der Waals surface area contributed by atoms with Crippen LogP contribution in [0.1, 0.15) is 72.1 Å². The third-order valence-corrected chi connectivity index (χ3v) is 17.0. The highest BCUT2D eigenvalue weighted by atomic mass is 16.8. The quantitative estimate of drug-likeness (QED) is 0.0530. The molecular weight excluding hydrogens is 880 g/mol. The fourth-order valence-corrected chi connectivity index (χ4v) is 13.3. The van der Waals surface area contributed by atoms with Gasteiger partial charge in [-0.05, 0) is 81.5 Å². The Labute approximate surface area is 381 Å². The van der Waals surface area contributed by atoms with Gasteiger partial charge in [0.2, 0.25) is 6.29 Å². The second-order valence-corrected chi connectivity index (χ2v) is 20.7. The van der Waals surface area contributed by atoms with Gasteiger partial charge in [0.1, 0.15) is 91.6 Å². The normalized spacial score (nSPS) is 55.2. The number of carbonyl (C=O) groups excluding carboxylic acids is 1. The Morgan fingerprint density at radius 3 is 1.74 bits per heavy atom. The minimum atomic E-state index is -1.95. The third kappa shape index (κ3) is 8.50. The summed E-state index contributed by atoms with van der Waals surface area (Å²) in [6.07, 6.45) is -28.7. The molecule has 13 N–H and O–H groups in total. The van der Waals surface area contributed by atoms with Crippen molar-refractivity contribution < 1.29 is 109 Å². The molecule has 0 radical (unpaired) electrons. The lowest BCUT2D eigenvalue weighted by Crippen LogP contribution is -2.67. The minimum Gasteiger partial charge on any atom is -0.432 e. The van der Waals surface area contributed by atoms with Crippen molar-refractivity contribution in [3.63, 3.8) is 0 Å². The van der Waals surface area contributed by atoms with Crippen molar-refractivity contribution in [2.75, 3.05) is 19.8 Å². The molecule has 66 heavy (non-hydrogen) atoms. The molecule has 22 nitrogen and oxygen atoms in total. The van der Waals surface area contributed by atoms with Crippen LogP contribution in [0.2, 0.25) is 0 Å². The highest BCUT2D eigenvalue weighted by molar-refractivity contribution is 5.77. The maximum absolute atomic E-state index is 14.4. The van der Waals surface area contributed by atoms with Crippen LogP contribution < -0.4 is 0 Å². The molecule has 378 valence electrons. The van der Waals surface area contributed by atoms with Crippen molar-refractivity contribution in [1.82, 2.24) is 0 Å². The Balaban J connectivity index is 1.09. The van der Waals surface area contributed by atoms with Crippen LogP contribution in [0.3, 0.4) is 0 Å². The molecule has 8 aliphatic rings. The van der Waals surface area contributed by atoms with Gasteiger partial charge in [0.05, 0.1) is 37.4 Å². The first kappa shape index (κ1) is 50.8. The largest absolute Gasteiger partial charge is 0.432 e. The topological polar surface area (TPSA) is 354 Å². The van der Waals surface area contributed by atoms with Gasteiger partial charge in [-0.25, -0.2) is 0 Å². The van der Waals surface area contributed by atoms with E-state index in [1.165, 1.54) is 6.92 Å². The lowest BCUT2D eigenvalue weighted by Gasteiger charge is -2.64. The van der Waals surface area contributed by atoms with E-state index in [0.29, 0.717) is 38.5 Å². The van der Waals surface area contributed by atoms with Crippen molar-refractivity contribution in [2.24, 2.45) is 34.0 Å². The molecule has 0 aromatic rings. The first-order valence-corrected chi connectivity index (χ1v) is 23.2. The highest BCUT2D eigenvalue weighted by Gasteiger charge is 2.68. The summed E-state index contributed by atoms with van der Waals surface area (Å²) in [6.45, 7) is 7.61. The van der Waals surface area contributed by atoms with Crippen LogP contribution in [-0.4, -0.2) is 221 Å². The number of aliphatic hydroxyl groups excluding tert-OH is 13. The third-order valence-electron chi connectivity index (χ3n) is 17.0. The lowest BCUT2D eigenvalue weighted by molar-refractivity contribution is -0.397. The van der Waals surface area contributed by atoms with E-state index in [1.807, 2.05) is 6.92 Å². The zero-order valence-electron chi connectivity index (χ0n) is 37.3. The van der Waals surface area contributed by atoms with Crippen LogP contribution in [0.25, 0.3) is 0 Å². The zero-order chi connectivity index (χ0) is 47.9. The Bertz CT molecular complexity index is 1720. The first-order valence-electron chi connectivity index (χ1n) is 23.2. The van der Waals surface area contributed by atoms with E-state index < -0.39 is 166 Å². The van der Waals surface area contributed by atoms with Crippen LogP contribution >= 0.6 is 0 Å². The Hall–Kier alpha value is -1.59. The molecule has 4 heterocycles. The van der Waals surface area contributed by atoms with Crippen molar-refractivity contribution in [2.45, 2.75) is 201 Å². The van der Waals surface area contributed by atoms with Gasteiger partial charge in [-0.1, -0.05) is 25.5 Å². The van der Waals surface area contributed by atoms with Crippen molar-refractivity contribution >= 4 is 5.97 Å². The van der Waals surface area contributed by atoms with Crippen LogP contribution in [0, 0.1) is 34.0 Å². The Morgan fingerprint density at radius 2 is 1.15 bits per heavy atom. The molecule has 27 atom stereocenters. The van der Waals surface area contributed by atoms with Gasteiger partial charge >= 0.3 is 5.97 Å². The molecule has 1 spiro atoms. The fourth-order valence-electron chi connectivity index (χ4n) is 13.3. The summed E-state index contributed by atoms with van der Waals surface area (Å²) in [5, 5.41) is 138.